The van der Waals surface area contributed by atoms with Gasteiger partial charge in [0.25, 0.3) is 5.88 Å². The van der Waals surface area contributed by atoms with Gasteiger partial charge in [0.05, 0.1) is 28.2 Å². The minimum Gasteiger partial charge on any atom is -0.470 e. The van der Waals surface area contributed by atoms with Crippen molar-refractivity contribution in [1.82, 2.24) is 20.4 Å². The third-order valence-electron chi connectivity index (χ3n) is 7.52. The van der Waals surface area contributed by atoms with Gasteiger partial charge in [-0.3, -0.25) is 9.59 Å². The zero-order valence-corrected chi connectivity index (χ0v) is 26.7. The molecule has 240 valence electrons. The lowest BCUT2D eigenvalue weighted by molar-refractivity contribution is -0.153. The van der Waals surface area contributed by atoms with Crippen molar-refractivity contribution >= 4 is 23.2 Å². The second-order valence-electron chi connectivity index (χ2n) is 11.1. The maximum absolute atomic E-state index is 15.2. The number of carbonyl (C=O) groups excluding carboxylic acids is 2. The number of nitrogens with one attached hydrogen (secondary N) is 1. The van der Waals surface area contributed by atoms with Crippen LogP contribution in [0.15, 0.2) is 34.3 Å². The average Bonchev–Trinajstić information content (AvgIpc) is 3.71. The highest BCUT2D eigenvalue weighted by Gasteiger charge is 2.43. The van der Waals surface area contributed by atoms with Crippen LogP contribution in [0.2, 0.25) is 0 Å². The Kier molecular flexibility index (Phi) is 11.5. The lowest BCUT2D eigenvalue weighted by Gasteiger charge is -2.29. The molecule has 0 saturated carbocycles. The van der Waals surface area contributed by atoms with Gasteiger partial charge >= 0.3 is 0 Å². The topological polar surface area (TPSA) is 136 Å². The molecule has 3 aromatic rings. The molecule has 44 heavy (non-hydrogen) atoms. The predicted octanol–water partition coefficient (Wildman–Crippen LogP) is 4.60. The van der Waals surface area contributed by atoms with Gasteiger partial charge in [-0.15, -0.1) is 11.3 Å². The number of hydrogen-bond acceptors (Lipinski definition) is 10. The van der Waals surface area contributed by atoms with E-state index < -0.39 is 42.1 Å². The molecule has 0 radical (unpaired) electrons. The van der Waals surface area contributed by atoms with Gasteiger partial charge in [0.1, 0.15) is 24.4 Å². The van der Waals surface area contributed by atoms with Crippen molar-refractivity contribution in [3.8, 4) is 16.3 Å². The molecule has 0 bridgehead atoms. The second kappa shape index (κ2) is 15.1. The Labute approximate surface area is 260 Å². The van der Waals surface area contributed by atoms with Gasteiger partial charge in [-0.05, 0) is 50.4 Å². The number of carbonyl (C=O) groups is 2. The van der Waals surface area contributed by atoms with E-state index in [4.69, 9.17) is 18.7 Å². The van der Waals surface area contributed by atoms with E-state index in [2.05, 4.69) is 15.5 Å². The summed E-state index contributed by atoms with van der Waals surface area (Å²) in [4.78, 5) is 33.8. The number of thiazole rings is 1. The van der Waals surface area contributed by atoms with Crippen LogP contribution in [0.5, 0.6) is 5.88 Å². The summed E-state index contributed by atoms with van der Waals surface area (Å²) in [6.07, 6.45) is -1.41. The number of aromatic nitrogens is 2. The van der Waals surface area contributed by atoms with Crippen molar-refractivity contribution in [2.45, 2.75) is 78.4 Å². The Hall–Kier alpha value is -3.39. The van der Waals surface area contributed by atoms with Gasteiger partial charge < -0.3 is 34.1 Å². The number of benzene rings is 1. The number of aliphatic hydroxyl groups is 1. The maximum atomic E-state index is 15.2. The van der Waals surface area contributed by atoms with E-state index in [9.17, 15) is 14.7 Å². The van der Waals surface area contributed by atoms with Gasteiger partial charge in [-0.1, -0.05) is 26.0 Å². The van der Waals surface area contributed by atoms with Crippen molar-refractivity contribution in [3.05, 3.63) is 52.6 Å². The number of hydrogen-bond donors (Lipinski definition) is 2. The van der Waals surface area contributed by atoms with E-state index in [1.807, 2.05) is 34.6 Å². The fourth-order valence-corrected chi connectivity index (χ4v) is 6.16. The normalized spacial score (nSPS) is 18.2. The standard InChI is InChI=1S/C31H41FN4O7S/c1-7-40-27(41-8-2)15-42-26-13-25(43-35-26)28(17(3)4)31(39)36-14-21(37)12-24(36)30(38)34-18(5)22-10-9-20(11-23(22)32)29-19(6)33-16-44-29/h9-11,13,16-18,21,24,27-28,37H,7-8,12,14-15H2,1-6H3,(H,34,38)/t18-,21?,24?,28?/m0/s1. The van der Waals surface area contributed by atoms with Crippen LogP contribution in [-0.4, -0.2) is 76.8 Å². The molecule has 2 amide bonds. The molecule has 1 saturated heterocycles. The predicted molar refractivity (Wildman–Crippen MR) is 162 cm³/mol. The number of amides is 2. The number of halogens is 1. The van der Waals surface area contributed by atoms with E-state index in [0.717, 1.165) is 10.6 Å². The van der Waals surface area contributed by atoms with E-state index >= 15 is 4.39 Å². The summed E-state index contributed by atoms with van der Waals surface area (Å²) in [7, 11) is 0. The Balaban J connectivity index is 1.45. The third kappa shape index (κ3) is 7.81. The second-order valence-corrected chi connectivity index (χ2v) is 11.9. The minimum atomic E-state index is -0.944. The van der Waals surface area contributed by atoms with Crippen molar-refractivity contribution in [2.24, 2.45) is 5.92 Å². The number of aliphatic hydroxyl groups excluding tert-OH is 1. The highest BCUT2D eigenvalue weighted by Crippen LogP contribution is 2.33. The first-order valence-corrected chi connectivity index (χ1v) is 15.7. The van der Waals surface area contributed by atoms with Crippen molar-refractivity contribution in [3.63, 3.8) is 0 Å². The summed E-state index contributed by atoms with van der Waals surface area (Å²) < 4.78 is 37.3. The Morgan fingerprint density at radius 3 is 2.55 bits per heavy atom. The summed E-state index contributed by atoms with van der Waals surface area (Å²) >= 11 is 1.43. The monoisotopic (exact) mass is 632 g/mol. The van der Waals surface area contributed by atoms with E-state index in [1.54, 1.807) is 30.6 Å². The number of nitrogens with zero attached hydrogens (tertiary/aromatic N) is 3. The Morgan fingerprint density at radius 1 is 1.20 bits per heavy atom. The summed E-state index contributed by atoms with van der Waals surface area (Å²) in [6, 6.07) is 4.80. The first-order chi connectivity index (χ1) is 21.0. The molecule has 13 heteroatoms. The number of β-amino-alcohol motifs (C(OH)–C–C–N with tert-alkyl or cyclic N) is 1. The molecule has 2 aromatic heterocycles. The van der Waals surface area contributed by atoms with Crippen LogP contribution in [0.3, 0.4) is 0 Å². The quantitative estimate of drug-likeness (QED) is 0.244. The fraction of sp³-hybridized carbons (Fsp3) is 0.548. The molecule has 4 rings (SSSR count). The van der Waals surface area contributed by atoms with Crippen molar-refractivity contribution < 1.29 is 37.8 Å². The lowest BCUT2D eigenvalue weighted by atomic mass is 9.91. The van der Waals surface area contributed by atoms with Crippen LogP contribution in [0.25, 0.3) is 10.4 Å². The van der Waals surface area contributed by atoms with Crippen LogP contribution in [-0.2, 0) is 19.1 Å². The first-order valence-electron chi connectivity index (χ1n) is 14.8. The van der Waals surface area contributed by atoms with Gasteiger partial charge in [0, 0.05) is 37.8 Å². The molecule has 1 aromatic carbocycles. The highest BCUT2D eigenvalue weighted by molar-refractivity contribution is 7.13. The van der Waals surface area contributed by atoms with E-state index in [1.165, 1.54) is 22.3 Å². The number of rotatable bonds is 14. The van der Waals surface area contributed by atoms with Crippen LogP contribution in [0.4, 0.5) is 4.39 Å². The third-order valence-corrected chi connectivity index (χ3v) is 8.49. The van der Waals surface area contributed by atoms with Gasteiger partial charge in [0.2, 0.25) is 11.8 Å². The highest BCUT2D eigenvalue weighted by atomic mass is 32.1. The molecule has 3 heterocycles. The zero-order valence-electron chi connectivity index (χ0n) is 25.9. The maximum Gasteiger partial charge on any atom is 0.254 e. The molecule has 0 aliphatic carbocycles. The summed E-state index contributed by atoms with van der Waals surface area (Å²) in [6.45, 7) is 11.9. The molecule has 11 nitrogen and oxygen atoms in total. The van der Waals surface area contributed by atoms with Gasteiger partial charge in [0.15, 0.2) is 12.1 Å². The molecular formula is C31H41FN4O7S. The molecule has 1 aliphatic heterocycles. The molecule has 4 atom stereocenters. The Morgan fingerprint density at radius 2 is 1.93 bits per heavy atom. The number of ether oxygens (including phenoxy) is 3. The van der Waals surface area contributed by atoms with Gasteiger partial charge in [-0.2, -0.15) is 0 Å². The number of likely N-dealkylation sites (tertiary alicyclic amines) is 1. The lowest BCUT2D eigenvalue weighted by Crippen LogP contribution is -2.48. The van der Waals surface area contributed by atoms with Crippen LogP contribution in [0.1, 0.15) is 70.0 Å². The minimum absolute atomic E-state index is 0.0202. The number of aryl methyl sites for hydroxylation is 1. The Bertz CT molecular complexity index is 1410. The van der Waals surface area contributed by atoms with Crippen LogP contribution < -0.4 is 10.1 Å². The smallest absolute Gasteiger partial charge is 0.254 e. The molecule has 2 N–H and O–H groups in total. The molecule has 0 spiro atoms. The van der Waals surface area contributed by atoms with Crippen molar-refractivity contribution in [1.29, 1.82) is 0 Å². The molecule has 1 fully saturated rings. The SMILES string of the molecule is CCOC(COc1cc(C(C(=O)N2CC(O)CC2C(=O)N[C@@H](C)c2ccc(-c3scnc3C)cc2F)C(C)C)on1)OCC. The van der Waals surface area contributed by atoms with Crippen LogP contribution >= 0.6 is 11.3 Å². The summed E-state index contributed by atoms with van der Waals surface area (Å²) in [5.74, 6) is -1.89. The van der Waals surface area contributed by atoms with E-state index in [-0.39, 0.29) is 43.0 Å². The molecule has 1 aliphatic rings. The largest absolute Gasteiger partial charge is 0.470 e. The fourth-order valence-electron chi connectivity index (χ4n) is 5.36. The van der Waals surface area contributed by atoms with Crippen molar-refractivity contribution in [2.75, 3.05) is 26.4 Å². The average molecular weight is 633 g/mol. The summed E-state index contributed by atoms with van der Waals surface area (Å²) in [5.41, 5.74) is 3.55. The van der Waals surface area contributed by atoms with Gasteiger partial charge in [-0.25, -0.2) is 9.37 Å². The first kappa shape index (κ1) is 33.5. The van der Waals surface area contributed by atoms with E-state index in [0.29, 0.717) is 24.3 Å². The zero-order chi connectivity index (χ0) is 32.0. The summed E-state index contributed by atoms with van der Waals surface area (Å²) in [5, 5.41) is 17.3. The molecule has 3 unspecified atom stereocenters. The molecular weight excluding hydrogens is 591 g/mol. The van der Waals surface area contributed by atoms with Crippen LogP contribution in [0, 0.1) is 18.7 Å².